The van der Waals surface area contributed by atoms with Gasteiger partial charge in [-0.15, -0.1) is 0 Å². The molecule has 6 rings (SSSR count). The number of aryl methyl sites for hydroxylation is 2. The molecule has 0 saturated heterocycles. The quantitative estimate of drug-likeness (QED) is 0.482. The van der Waals surface area contributed by atoms with Crippen molar-refractivity contribution in [3.05, 3.63) is 111 Å². The molecular weight excluding hydrogens is 456 g/mol. The van der Waals surface area contributed by atoms with E-state index in [1.165, 1.54) is 4.90 Å². The third-order valence-corrected chi connectivity index (χ3v) is 7.36. The largest absolute Gasteiger partial charge is 0.450 e. The van der Waals surface area contributed by atoms with Gasteiger partial charge in [0.05, 0.1) is 29.8 Å². The molecule has 1 N–H and O–H groups in total. The van der Waals surface area contributed by atoms with Gasteiger partial charge >= 0.3 is 0 Å². The molecule has 1 unspecified atom stereocenters. The fourth-order valence-electron chi connectivity index (χ4n) is 5.57. The van der Waals surface area contributed by atoms with Crippen LogP contribution in [0.5, 0.6) is 0 Å². The summed E-state index contributed by atoms with van der Waals surface area (Å²) in [6.07, 6.45) is 0. The van der Waals surface area contributed by atoms with E-state index in [9.17, 15) is 19.5 Å². The third-order valence-electron chi connectivity index (χ3n) is 7.36. The number of β-amino-alcohol motifs (C(OH)–C–C–N with tert-alkyl or cyclic N) is 1. The van der Waals surface area contributed by atoms with Gasteiger partial charge in [0.15, 0.2) is 11.0 Å². The number of para-hydroxylation sites is 1. The SMILES string of the molecule is Cc1cc2oc3c(c(=O)c2cc1C)C1(C(=O)N(Cc2ccccc2)c2ccccc21)N(CCO)C3=O. The molecule has 0 radical (unpaired) electrons. The number of amides is 2. The fourth-order valence-corrected chi connectivity index (χ4v) is 5.57. The summed E-state index contributed by atoms with van der Waals surface area (Å²) in [5, 5.41) is 10.2. The number of carbonyl (C=O) groups is 2. The van der Waals surface area contributed by atoms with E-state index in [4.69, 9.17) is 4.42 Å². The summed E-state index contributed by atoms with van der Waals surface area (Å²) >= 11 is 0. The summed E-state index contributed by atoms with van der Waals surface area (Å²) in [4.78, 5) is 45.2. The topological polar surface area (TPSA) is 91.1 Å². The molecule has 180 valence electrons. The molecule has 2 amide bonds. The van der Waals surface area contributed by atoms with Crippen molar-refractivity contribution in [2.24, 2.45) is 0 Å². The zero-order chi connectivity index (χ0) is 25.2. The number of hydrogen-bond acceptors (Lipinski definition) is 5. The van der Waals surface area contributed by atoms with E-state index in [1.807, 2.05) is 56.3 Å². The number of aliphatic hydroxyl groups is 1. The van der Waals surface area contributed by atoms with Crippen molar-refractivity contribution in [1.29, 1.82) is 0 Å². The highest BCUT2D eigenvalue weighted by atomic mass is 16.3. The first-order valence-electron chi connectivity index (χ1n) is 11.9. The second-order valence-corrected chi connectivity index (χ2v) is 9.35. The van der Waals surface area contributed by atoms with E-state index in [0.717, 1.165) is 16.7 Å². The lowest BCUT2D eigenvalue weighted by Crippen LogP contribution is -2.54. The smallest absolute Gasteiger partial charge is 0.291 e. The lowest BCUT2D eigenvalue weighted by molar-refractivity contribution is -0.126. The van der Waals surface area contributed by atoms with Crippen LogP contribution in [0.15, 0.2) is 75.9 Å². The van der Waals surface area contributed by atoms with E-state index >= 15 is 0 Å². The van der Waals surface area contributed by atoms with E-state index in [-0.39, 0.29) is 31.0 Å². The van der Waals surface area contributed by atoms with Gasteiger partial charge in [-0.2, -0.15) is 0 Å². The predicted molar refractivity (Wildman–Crippen MR) is 135 cm³/mol. The Bertz CT molecular complexity index is 1620. The molecule has 36 heavy (non-hydrogen) atoms. The van der Waals surface area contributed by atoms with Crippen LogP contribution >= 0.6 is 0 Å². The van der Waals surface area contributed by atoms with Crippen LogP contribution in [0.4, 0.5) is 5.69 Å². The molecule has 0 saturated carbocycles. The van der Waals surface area contributed by atoms with Crippen LogP contribution < -0.4 is 10.3 Å². The van der Waals surface area contributed by atoms with Gasteiger partial charge in [0.1, 0.15) is 5.58 Å². The highest BCUT2D eigenvalue weighted by molar-refractivity contribution is 6.17. The number of benzene rings is 3. The Labute approximate surface area is 207 Å². The van der Waals surface area contributed by atoms with Crippen molar-refractivity contribution in [1.82, 2.24) is 4.90 Å². The summed E-state index contributed by atoms with van der Waals surface area (Å²) in [5.41, 5.74) is 2.09. The number of nitrogens with zero attached hydrogens (tertiary/aromatic N) is 2. The molecule has 2 aliphatic rings. The van der Waals surface area contributed by atoms with Gasteiger partial charge in [-0.05, 0) is 48.7 Å². The number of carbonyl (C=O) groups excluding carboxylic acids is 2. The molecule has 3 heterocycles. The molecule has 0 aliphatic carbocycles. The molecule has 1 atom stereocenters. The molecule has 3 aromatic carbocycles. The molecule has 0 fully saturated rings. The zero-order valence-electron chi connectivity index (χ0n) is 19.9. The van der Waals surface area contributed by atoms with E-state index in [2.05, 4.69) is 0 Å². The highest BCUT2D eigenvalue weighted by Gasteiger charge is 2.64. The third kappa shape index (κ3) is 2.80. The first-order chi connectivity index (χ1) is 17.4. The molecular formula is C29H24N2O5. The van der Waals surface area contributed by atoms with Crippen LogP contribution in [-0.2, 0) is 16.9 Å². The minimum atomic E-state index is -1.71. The Morgan fingerprint density at radius 1 is 0.917 bits per heavy atom. The Morgan fingerprint density at radius 2 is 1.61 bits per heavy atom. The highest BCUT2D eigenvalue weighted by Crippen LogP contribution is 2.52. The van der Waals surface area contributed by atoms with Gasteiger partial charge in [0.25, 0.3) is 11.8 Å². The average molecular weight is 481 g/mol. The van der Waals surface area contributed by atoms with Crippen molar-refractivity contribution in [2.45, 2.75) is 25.9 Å². The van der Waals surface area contributed by atoms with Crippen molar-refractivity contribution >= 4 is 28.5 Å². The van der Waals surface area contributed by atoms with E-state index in [1.54, 1.807) is 29.2 Å². The van der Waals surface area contributed by atoms with Crippen molar-refractivity contribution < 1.29 is 19.1 Å². The maximum Gasteiger partial charge on any atom is 0.291 e. The van der Waals surface area contributed by atoms with Crippen LogP contribution in [0.25, 0.3) is 11.0 Å². The minimum absolute atomic E-state index is 0.0183. The first-order valence-corrected chi connectivity index (χ1v) is 11.9. The predicted octanol–water partition coefficient (Wildman–Crippen LogP) is 3.65. The second-order valence-electron chi connectivity index (χ2n) is 9.35. The van der Waals surface area contributed by atoms with Crippen LogP contribution in [0, 0.1) is 13.8 Å². The number of rotatable bonds is 4. The second kappa shape index (κ2) is 7.90. The van der Waals surface area contributed by atoms with E-state index in [0.29, 0.717) is 22.2 Å². The van der Waals surface area contributed by atoms with Gasteiger partial charge in [-0.25, -0.2) is 0 Å². The minimum Gasteiger partial charge on any atom is -0.450 e. The molecule has 7 nitrogen and oxygen atoms in total. The summed E-state index contributed by atoms with van der Waals surface area (Å²) in [6.45, 7) is 3.57. The molecule has 0 bridgehead atoms. The fraction of sp³-hybridized carbons (Fsp3) is 0.207. The summed E-state index contributed by atoms with van der Waals surface area (Å²) in [7, 11) is 0. The van der Waals surface area contributed by atoms with Gasteiger partial charge < -0.3 is 19.3 Å². The molecule has 1 aromatic heterocycles. The maximum absolute atomic E-state index is 14.5. The Morgan fingerprint density at radius 3 is 2.36 bits per heavy atom. The van der Waals surface area contributed by atoms with Gasteiger partial charge in [0.2, 0.25) is 5.76 Å². The Kier molecular flexibility index (Phi) is 4.88. The van der Waals surface area contributed by atoms with Crippen molar-refractivity contribution in [2.75, 3.05) is 18.1 Å². The van der Waals surface area contributed by atoms with Gasteiger partial charge in [-0.1, -0.05) is 48.5 Å². The van der Waals surface area contributed by atoms with Gasteiger partial charge in [-0.3, -0.25) is 14.4 Å². The average Bonchev–Trinajstić information content (AvgIpc) is 3.27. The number of fused-ring (bicyclic) bond motifs is 5. The Hall–Kier alpha value is -4.23. The van der Waals surface area contributed by atoms with Crippen molar-refractivity contribution in [3.8, 4) is 0 Å². The van der Waals surface area contributed by atoms with Crippen LogP contribution in [0.3, 0.4) is 0 Å². The summed E-state index contributed by atoms with van der Waals surface area (Å²) in [5.74, 6) is -1.14. The van der Waals surface area contributed by atoms with Crippen molar-refractivity contribution in [3.63, 3.8) is 0 Å². The van der Waals surface area contributed by atoms with Crippen LogP contribution in [0.1, 0.15) is 38.4 Å². The Balaban J connectivity index is 1.68. The van der Waals surface area contributed by atoms with Crippen LogP contribution in [0.2, 0.25) is 0 Å². The standard InChI is InChI=1S/C29H24N2O5/c1-17-14-20-23(15-18(17)2)36-26-24(25(20)33)29(31(12-13-32)27(26)34)21-10-6-7-11-22(21)30(28(29)35)16-19-8-4-3-5-9-19/h3-11,14-15,32H,12-13,16H2,1-2H3. The number of anilines is 1. The monoisotopic (exact) mass is 480 g/mol. The zero-order valence-corrected chi connectivity index (χ0v) is 19.9. The maximum atomic E-state index is 14.5. The number of hydrogen-bond donors (Lipinski definition) is 1. The normalized spacial score (nSPS) is 18.4. The van der Waals surface area contributed by atoms with Crippen LogP contribution in [-0.4, -0.2) is 35.0 Å². The van der Waals surface area contributed by atoms with E-state index < -0.39 is 22.8 Å². The molecule has 2 aliphatic heterocycles. The summed E-state index contributed by atoms with van der Waals surface area (Å²) < 4.78 is 6.07. The van der Waals surface area contributed by atoms with Gasteiger partial charge in [0, 0.05) is 12.1 Å². The lowest BCUT2D eigenvalue weighted by atomic mass is 9.84. The lowest BCUT2D eigenvalue weighted by Gasteiger charge is -2.33. The summed E-state index contributed by atoms with van der Waals surface area (Å²) in [6, 6.07) is 20.2. The first kappa shape index (κ1) is 22.2. The molecule has 4 aromatic rings. The molecule has 1 spiro atoms. The molecule has 7 heteroatoms. The number of aliphatic hydroxyl groups excluding tert-OH is 1.